The molecular formula is C10H9ClN2O4. The molecule has 0 spiro atoms. The maximum Gasteiger partial charge on any atom is 0.337 e. The van der Waals surface area contributed by atoms with Crippen molar-refractivity contribution in [1.29, 1.82) is 5.26 Å². The molecule has 0 aliphatic carbocycles. The molecule has 2 unspecified atom stereocenters. The summed E-state index contributed by atoms with van der Waals surface area (Å²) in [5, 5.41) is 36.1. The van der Waals surface area contributed by atoms with E-state index in [2.05, 4.69) is 0 Å². The Labute approximate surface area is 101 Å². The normalized spacial score (nSPS) is 13.8. The first-order chi connectivity index (χ1) is 7.88. The van der Waals surface area contributed by atoms with Crippen LogP contribution in [0.4, 0.5) is 5.69 Å². The zero-order valence-corrected chi connectivity index (χ0v) is 9.22. The quantitative estimate of drug-likeness (QED) is 0.462. The Morgan fingerprint density at radius 2 is 2.06 bits per heavy atom. The topological polar surface area (TPSA) is 128 Å². The monoisotopic (exact) mass is 256 g/mol. The number of carbonyl (C=O) groups is 1. The van der Waals surface area contributed by atoms with Crippen LogP contribution in [0, 0.1) is 11.3 Å². The average Bonchev–Trinajstić information content (AvgIpc) is 2.29. The van der Waals surface area contributed by atoms with Gasteiger partial charge in [-0.2, -0.15) is 5.26 Å². The lowest BCUT2D eigenvalue weighted by molar-refractivity contribution is 0.0531. The third-order valence-electron chi connectivity index (χ3n) is 2.16. The fourth-order valence-corrected chi connectivity index (χ4v) is 1.53. The molecule has 0 aliphatic rings. The molecule has 0 fully saturated rings. The number of aliphatic hydroxyl groups is 2. The Balaban J connectivity index is 3.35. The minimum atomic E-state index is -1.71. The van der Waals surface area contributed by atoms with Gasteiger partial charge in [0.1, 0.15) is 6.10 Å². The number of nitriles is 1. The number of benzene rings is 1. The largest absolute Gasteiger partial charge is 0.478 e. The molecule has 0 saturated heterocycles. The number of nitrogens with zero attached hydrogens (tertiary/aromatic N) is 1. The first-order valence-corrected chi connectivity index (χ1v) is 4.84. The maximum absolute atomic E-state index is 10.8. The second kappa shape index (κ2) is 5.01. The minimum absolute atomic E-state index is 0.0378. The lowest BCUT2D eigenvalue weighted by Crippen LogP contribution is -2.18. The van der Waals surface area contributed by atoms with Crippen LogP contribution in [0.2, 0.25) is 5.02 Å². The summed E-state index contributed by atoms with van der Waals surface area (Å²) in [5.41, 5.74) is 4.91. The molecule has 0 amide bonds. The second-order valence-electron chi connectivity index (χ2n) is 3.28. The predicted octanol–water partition coefficient (Wildman–Crippen LogP) is 0.538. The van der Waals surface area contributed by atoms with Crippen molar-refractivity contribution >= 4 is 23.3 Å². The lowest BCUT2D eigenvalue weighted by atomic mass is 9.99. The van der Waals surface area contributed by atoms with Crippen LogP contribution >= 0.6 is 11.6 Å². The lowest BCUT2D eigenvalue weighted by Gasteiger charge is -2.16. The molecule has 5 N–H and O–H groups in total. The van der Waals surface area contributed by atoms with Crippen molar-refractivity contribution in [1.82, 2.24) is 0 Å². The summed E-state index contributed by atoms with van der Waals surface area (Å²) < 4.78 is 0. The molecule has 0 saturated carbocycles. The van der Waals surface area contributed by atoms with Crippen molar-refractivity contribution in [3.63, 3.8) is 0 Å². The van der Waals surface area contributed by atoms with Gasteiger partial charge in [0.25, 0.3) is 0 Å². The van der Waals surface area contributed by atoms with Gasteiger partial charge in [0, 0.05) is 10.6 Å². The van der Waals surface area contributed by atoms with Gasteiger partial charge >= 0.3 is 5.97 Å². The second-order valence-corrected chi connectivity index (χ2v) is 3.72. The SMILES string of the molecule is N#CC(O)C(O)c1cc(Cl)cc(C(=O)O)c1N. The fraction of sp³-hybridized carbons (Fsp3) is 0.200. The number of anilines is 1. The zero-order valence-electron chi connectivity index (χ0n) is 8.46. The summed E-state index contributed by atoms with van der Waals surface area (Å²) in [6.45, 7) is 0. The highest BCUT2D eigenvalue weighted by atomic mass is 35.5. The Morgan fingerprint density at radius 1 is 1.47 bits per heavy atom. The zero-order chi connectivity index (χ0) is 13.2. The molecule has 0 aromatic heterocycles. The van der Waals surface area contributed by atoms with Gasteiger partial charge in [-0.15, -0.1) is 0 Å². The molecule has 1 aromatic rings. The Hall–Kier alpha value is -1.81. The number of halogens is 1. The van der Waals surface area contributed by atoms with Crippen LogP contribution in [-0.2, 0) is 0 Å². The average molecular weight is 257 g/mol. The van der Waals surface area contributed by atoms with Gasteiger partial charge in [-0.1, -0.05) is 11.6 Å². The summed E-state index contributed by atoms with van der Waals surface area (Å²) in [6, 6.07) is 3.74. The highest BCUT2D eigenvalue weighted by Crippen LogP contribution is 2.30. The van der Waals surface area contributed by atoms with Gasteiger partial charge in [-0.25, -0.2) is 4.79 Å². The molecular weight excluding hydrogens is 248 g/mol. The first kappa shape index (κ1) is 13.3. The van der Waals surface area contributed by atoms with E-state index in [0.29, 0.717) is 0 Å². The number of aromatic carboxylic acids is 1. The maximum atomic E-state index is 10.8. The van der Waals surface area contributed by atoms with Crippen LogP contribution in [0.1, 0.15) is 22.0 Å². The first-order valence-electron chi connectivity index (χ1n) is 4.46. The van der Waals surface area contributed by atoms with Gasteiger partial charge in [0.2, 0.25) is 0 Å². The number of hydrogen-bond donors (Lipinski definition) is 4. The number of rotatable bonds is 3. The molecule has 2 atom stereocenters. The number of carboxylic acid groups (broad SMARTS) is 1. The molecule has 1 aromatic carbocycles. The Morgan fingerprint density at radius 3 is 2.53 bits per heavy atom. The van der Waals surface area contributed by atoms with E-state index in [1.807, 2.05) is 0 Å². The van der Waals surface area contributed by atoms with Gasteiger partial charge < -0.3 is 21.1 Å². The van der Waals surface area contributed by atoms with E-state index in [1.165, 1.54) is 12.1 Å². The number of aliphatic hydroxyl groups excluding tert-OH is 2. The van der Waals surface area contributed by atoms with Crippen LogP contribution < -0.4 is 5.73 Å². The Kier molecular flexibility index (Phi) is 3.91. The summed E-state index contributed by atoms with van der Waals surface area (Å²) in [4.78, 5) is 10.8. The van der Waals surface area contributed by atoms with Crippen LogP contribution in [0.25, 0.3) is 0 Å². The van der Waals surface area contributed by atoms with Crippen molar-refractivity contribution in [2.45, 2.75) is 12.2 Å². The summed E-state index contributed by atoms with van der Waals surface area (Å²) in [7, 11) is 0. The van der Waals surface area contributed by atoms with E-state index in [9.17, 15) is 9.90 Å². The molecule has 0 radical (unpaired) electrons. The van der Waals surface area contributed by atoms with E-state index in [-0.39, 0.29) is 21.8 Å². The summed E-state index contributed by atoms with van der Waals surface area (Å²) >= 11 is 5.66. The summed E-state index contributed by atoms with van der Waals surface area (Å²) in [6.07, 6.45) is -3.32. The van der Waals surface area contributed by atoms with Crippen LogP contribution in [0.3, 0.4) is 0 Å². The molecule has 0 bridgehead atoms. The van der Waals surface area contributed by atoms with E-state index >= 15 is 0 Å². The van der Waals surface area contributed by atoms with Crippen molar-refractivity contribution in [2.24, 2.45) is 0 Å². The van der Waals surface area contributed by atoms with Crippen LogP contribution in [-0.4, -0.2) is 27.4 Å². The third-order valence-corrected chi connectivity index (χ3v) is 2.38. The fourth-order valence-electron chi connectivity index (χ4n) is 1.30. The molecule has 17 heavy (non-hydrogen) atoms. The highest BCUT2D eigenvalue weighted by molar-refractivity contribution is 6.31. The van der Waals surface area contributed by atoms with Gasteiger partial charge in [-0.3, -0.25) is 0 Å². The van der Waals surface area contributed by atoms with E-state index in [1.54, 1.807) is 0 Å². The standard InChI is InChI=1S/C10H9ClN2O4/c11-4-1-5(9(15)7(14)3-12)8(13)6(2-4)10(16)17/h1-2,7,9,14-15H,13H2,(H,16,17). The van der Waals surface area contributed by atoms with Crippen LogP contribution in [0.5, 0.6) is 0 Å². The van der Waals surface area contributed by atoms with Crippen molar-refractivity contribution in [2.75, 3.05) is 5.73 Å². The summed E-state index contributed by atoms with van der Waals surface area (Å²) in [5.74, 6) is -1.31. The molecule has 7 heteroatoms. The van der Waals surface area contributed by atoms with E-state index in [0.717, 1.165) is 6.07 Å². The van der Waals surface area contributed by atoms with Gasteiger partial charge in [0.05, 0.1) is 17.3 Å². The molecule has 0 aliphatic heterocycles. The smallest absolute Gasteiger partial charge is 0.337 e. The third kappa shape index (κ3) is 2.65. The molecule has 90 valence electrons. The van der Waals surface area contributed by atoms with Gasteiger partial charge in [0.15, 0.2) is 6.10 Å². The van der Waals surface area contributed by atoms with E-state index < -0.39 is 18.2 Å². The highest BCUT2D eigenvalue weighted by Gasteiger charge is 2.23. The number of carboxylic acids is 1. The molecule has 6 nitrogen and oxygen atoms in total. The molecule has 0 heterocycles. The van der Waals surface area contributed by atoms with Crippen molar-refractivity contribution in [3.05, 3.63) is 28.3 Å². The van der Waals surface area contributed by atoms with Crippen LogP contribution in [0.15, 0.2) is 12.1 Å². The molecule has 1 rings (SSSR count). The van der Waals surface area contributed by atoms with Crippen molar-refractivity contribution < 1.29 is 20.1 Å². The predicted molar refractivity (Wildman–Crippen MR) is 59.4 cm³/mol. The van der Waals surface area contributed by atoms with E-state index in [4.69, 9.17) is 32.8 Å². The number of nitrogen functional groups attached to an aromatic ring is 1. The number of hydrogen-bond acceptors (Lipinski definition) is 5. The van der Waals surface area contributed by atoms with Gasteiger partial charge in [-0.05, 0) is 12.1 Å². The number of nitrogens with two attached hydrogens (primary N) is 1. The Bertz CT molecular complexity index is 498. The minimum Gasteiger partial charge on any atom is -0.478 e. The van der Waals surface area contributed by atoms with Crippen molar-refractivity contribution in [3.8, 4) is 6.07 Å².